The summed E-state index contributed by atoms with van der Waals surface area (Å²) in [6.07, 6.45) is 3.23. The summed E-state index contributed by atoms with van der Waals surface area (Å²) in [6, 6.07) is 14.9. The molecule has 2 aromatic carbocycles. The lowest BCUT2D eigenvalue weighted by Gasteiger charge is -2.09. The standard InChI is InChI=1S/C18H16FN3O2S/c1-25(23)12-13-3-2-4-15(11-13)21-18-20-10-9-17(22-18)24-16-7-5-14(19)6-8-16/h2-11H,12H2,1H3,(H,20,21,22). The molecule has 0 aliphatic carbocycles. The van der Waals surface area contributed by atoms with Crippen molar-refractivity contribution in [3.8, 4) is 11.6 Å². The lowest BCUT2D eigenvalue weighted by molar-refractivity contribution is 0.461. The number of nitrogens with zero attached hydrogens (tertiary/aromatic N) is 2. The number of nitrogens with one attached hydrogen (secondary N) is 1. The molecule has 1 atom stereocenters. The van der Waals surface area contributed by atoms with Crippen LogP contribution in [-0.2, 0) is 16.6 Å². The predicted octanol–water partition coefficient (Wildman–Crippen LogP) is 4.03. The van der Waals surface area contributed by atoms with E-state index in [1.165, 1.54) is 24.3 Å². The van der Waals surface area contributed by atoms with E-state index in [1.807, 2.05) is 24.3 Å². The van der Waals surface area contributed by atoms with E-state index in [0.29, 0.717) is 23.3 Å². The molecule has 5 nitrogen and oxygen atoms in total. The van der Waals surface area contributed by atoms with Crippen molar-refractivity contribution in [2.24, 2.45) is 0 Å². The van der Waals surface area contributed by atoms with Gasteiger partial charge in [0.2, 0.25) is 11.8 Å². The van der Waals surface area contributed by atoms with Crippen LogP contribution in [0.25, 0.3) is 0 Å². The Labute approximate surface area is 147 Å². The zero-order valence-electron chi connectivity index (χ0n) is 13.5. The number of ether oxygens (including phenoxy) is 1. The monoisotopic (exact) mass is 357 g/mol. The van der Waals surface area contributed by atoms with Crippen LogP contribution in [-0.4, -0.2) is 20.4 Å². The number of hydrogen-bond acceptors (Lipinski definition) is 5. The Morgan fingerprint density at radius 2 is 1.96 bits per heavy atom. The van der Waals surface area contributed by atoms with Crippen molar-refractivity contribution >= 4 is 22.4 Å². The Morgan fingerprint density at radius 1 is 1.16 bits per heavy atom. The minimum Gasteiger partial charge on any atom is -0.439 e. The number of hydrogen-bond donors (Lipinski definition) is 1. The molecule has 3 aromatic rings. The van der Waals surface area contributed by atoms with Crippen molar-refractivity contribution in [2.45, 2.75) is 5.75 Å². The third-order valence-corrected chi connectivity index (χ3v) is 3.96. The van der Waals surface area contributed by atoms with Crippen LogP contribution in [0.1, 0.15) is 5.56 Å². The first kappa shape index (κ1) is 17.0. The van der Waals surface area contributed by atoms with Gasteiger partial charge in [-0.25, -0.2) is 9.37 Å². The molecule has 0 radical (unpaired) electrons. The van der Waals surface area contributed by atoms with E-state index in [-0.39, 0.29) is 5.82 Å². The Kier molecular flexibility index (Phi) is 5.35. The van der Waals surface area contributed by atoms with Gasteiger partial charge in [-0.1, -0.05) is 12.1 Å². The number of benzene rings is 2. The molecule has 1 aromatic heterocycles. The quantitative estimate of drug-likeness (QED) is 0.722. The molecule has 7 heteroatoms. The molecular weight excluding hydrogens is 341 g/mol. The molecular formula is C18H16FN3O2S. The Balaban J connectivity index is 1.73. The van der Waals surface area contributed by atoms with Gasteiger partial charge in [0.05, 0.1) is 0 Å². The zero-order chi connectivity index (χ0) is 17.6. The summed E-state index contributed by atoms with van der Waals surface area (Å²) in [6.45, 7) is 0. The molecule has 1 unspecified atom stereocenters. The summed E-state index contributed by atoms with van der Waals surface area (Å²) in [5.41, 5.74) is 1.76. The van der Waals surface area contributed by atoms with E-state index < -0.39 is 10.8 Å². The van der Waals surface area contributed by atoms with Crippen molar-refractivity contribution in [3.05, 3.63) is 72.2 Å². The summed E-state index contributed by atoms with van der Waals surface area (Å²) in [5, 5.41) is 3.09. The average Bonchev–Trinajstić information content (AvgIpc) is 2.57. The van der Waals surface area contributed by atoms with E-state index in [0.717, 1.165) is 11.3 Å². The summed E-state index contributed by atoms with van der Waals surface area (Å²) in [7, 11) is -0.905. The highest BCUT2D eigenvalue weighted by Crippen LogP contribution is 2.21. The van der Waals surface area contributed by atoms with Gasteiger partial charge in [0.15, 0.2) is 0 Å². The van der Waals surface area contributed by atoms with Crippen LogP contribution in [0.15, 0.2) is 60.8 Å². The highest BCUT2D eigenvalue weighted by Gasteiger charge is 2.04. The molecule has 1 heterocycles. The summed E-state index contributed by atoms with van der Waals surface area (Å²) < 4.78 is 29.9. The molecule has 0 aliphatic rings. The fraction of sp³-hybridized carbons (Fsp3) is 0.111. The zero-order valence-corrected chi connectivity index (χ0v) is 14.3. The Morgan fingerprint density at radius 3 is 2.72 bits per heavy atom. The molecule has 0 saturated carbocycles. The van der Waals surface area contributed by atoms with Crippen molar-refractivity contribution in [2.75, 3.05) is 11.6 Å². The molecule has 0 spiro atoms. The van der Waals surface area contributed by atoms with Gasteiger partial charge in [-0.05, 0) is 42.0 Å². The molecule has 128 valence electrons. The first-order chi connectivity index (χ1) is 12.1. The average molecular weight is 357 g/mol. The Bertz CT molecular complexity index is 887. The lowest BCUT2D eigenvalue weighted by Crippen LogP contribution is -1.99. The van der Waals surface area contributed by atoms with Crippen molar-refractivity contribution in [1.82, 2.24) is 9.97 Å². The maximum absolute atomic E-state index is 12.9. The van der Waals surface area contributed by atoms with E-state index >= 15 is 0 Å². The van der Waals surface area contributed by atoms with Gasteiger partial charge < -0.3 is 10.1 Å². The van der Waals surface area contributed by atoms with E-state index in [9.17, 15) is 8.60 Å². The summed E-state index contributed by atoms with van der Waals surface area (Å²) in [5.74, 6) is 1.36. The third kappa shape index (κ3) is 5.09. The van der Waals surface area contributed by atoms with Crippen LogP contribution in [0.5, 0.6) is 11.6 Å². The summed E-state index contributed by atoms with van der Waals surface area (Å²) >= 11 is 0. The molecule has 0 fully saturated rings. The maximum atomic E-state index is 12.9. The number of rotatable bonds is 6. The smallest absolute Gasteiger partial charge is 0.230 e. The predicted molar refractivity (Wildman–Crippen MR) is 96.0 cm³/mol. The number of halogens is 1. The van der Waals surface area contributed by atoms with Crippen LogP contribution < -0.4 is 10.1 Å². The second-order valence-electron chi connectivity index (χ2n) is 5.32. The second-order valence-corrected chi connectivity index (χ2v) is 6.75. The van der Waals surface area contributed by atoms with Crippen molar-refractivity contribution in [1.29, 1.82) is 0 Å². The number of anilines is 2. The van der Waals surface area contributed by atoms with E-state index in [1.54, 1.807) is 18.5 Å². The topological polar surface area (TPSA) is 64.1 Å². The fourth-order valence-corrected chi connectivity index (χ4v) is 2.83. The van der Waals surface area contributed by atoms with Crippen LogP contribution >= 0.6 is 0 Å². The van der Waals surface area contributed by atoms with Gasteiger partial charge in [-0.2, -0.15) is 4.98 Å². The molecule has 0 saturated heterocycles. The first-order valence-corrected chi connectivity index (χ1v) is 9.24. The maximum Gasteiger partial charge on any atom is 0.230 e. The lowest BCUT2D eigenvalue weighted by atomic mass is 10.2. The first-order valence-electron chi connectivity index (χ1n) is 7.51. The molecule has 0 amide bonds. The molecule has 3 rings (SSSR count). The highest BCUT2D eigenvalue weighted by molar-refractivity contribution is 7.83. The van der Waals surface area contributed by atoms with Gasteiger partial charge in [0.25, 0.3) is 0 Å². The minimum absolute atomic E-state index is 0.328. The van der Waals surface area contributed by atoms with E-state index in [4.69, 9.17) is 4.74 Å². The molecule has 0 bridgehead atoms. The van der Waals surface area contributed by atoms with Gasteiger partial charge in [-0.15, -0.1) is 0 Å². The second kappa shape index (κ2) is 7.85. The normalized spacial score (nSPS) is 11.8. The van der Waals surface area contributed by atoms with Crippen molar-refractivity contribution < 1.29 is 13.3 Å². The van der Waals surface area contributed by atoms with E-state index in [2.05, 4.69) is 15.3 Å². The van der Waals surface area contributed by atoms with Gasteiger partial charge in [0, 0.05) is 40.8 Å². The minimum atomic E-state index is -0.905. The molecule has 25 heavy (non-hydrogen) atoms. The molecule has 0 aliphatic heterocycles. The third-order valence-electron chi connectivity index (χ3n) is 3.22. The Hall–Kier alpha value is -2.80. The number of aromatic nitrogens is 2. The SMILES string of the molecule is CS(=O)Cc1cccc(Nc2nccc(Oc3ccc(F)cc3)n2)c1. The van der Waals surface area contributed by atoms with Crippen molar-refractivity contribution in [3.63, 3.8) is 0 Å². The van der Waals surface area contributed by atoms with Crippen LogP contribution in [0.4, 0.5) is 16.0 Å². The van der Waals surface area contributed by atoms with Gasteiger partial charge >= 0.3 is 0 Å². The summed E-state index contributed by atoms with van der Waals surface area (Å²) in [4.78, 5) is 8.44. The fourth-order valence-electron chi connectivity index (χ4n) is 2.19. The van der Waals surface area contributed by atoms with Crippen LogP contribution in [0.2, 0.25) is 0 Å². The highest BCUT2D eigenvalue weighted by atomic mass is 32.2. The van der Waals surface area contributed by atoms with Gasteiger partial charge in [0.1, 0.15) is 11.6 Å². The van der Waals surface area contributed by atoms with Crippen LogP contribution in [0.3, 0.4) is 0 Å². The largest absolute Gasteiger partial charge is 0.439 e. The molecule has 1 N–H and O–H groups in total. The van der Waals surface area contributed by atoms with Crippen LogP contribution in [0, 0.1) is 5.82 Å². The van der Waals surface area contributed by atoms with Gasteiger partial charge in [-0.3, -0.25) is 4.21 Å².